The predicted octanol–water partition coefficient (Wildman–Crippen LogP) is 1.59. The van der Waals surface area contributed by atoms with Crippen molar-refractivity contribution in [3.63, 3.8) is 0 Å². The number of aliphatic hydroxyl groups is 1. The van der Waals surface area contributed by atoms with E-state index in [1.165, 1.54) is 0 Å². The number of fused-ring (bicyclic) bond motifs is 1. The van der Waals surface area contributed by atoms with E-state index in [9.17, 15) is 13.5 Å². The molecule has 2 aromatic rings. The molecule has 1 aliphatic rings. The van der Waals surface area contributed by atoms with Crippen LogP contribution in [0.1, 0.15) is 18.4 Å². The van der Waals surface area contributed by atoms with Gasteiger partial charge in [-0.15, -0.1) is 0 Å². The van der Waals surface area contributed by atoms with E-state index in [0.717, 1.165) is 18.4 Å². The Morgan fingerprint density at radius 1 is 1.38 bits per heavy atom. The summed E-state index contributed by atoms with van der Waals surface area (Å²) in [6.45, 7) is 1.96. The highest BCUT2D eigenvalue weighted by molar-refractivity contribution is 7.89. The molecule has 1 aromatic carbocycles. The third-order valence-corrected chi connectivity index (χ3v) is 5.35. The van der Waals surface area contributed by atoms with E-state index >= 15 is 0 Å². The van der Waals surface area contributed by atoms with Crippen LogP contribution in [0.5, 0.6) is 0 Å². The van der Waals surface area contributed by atoms with Gasteiger partial charge in [0.25, 0.3) is 0 Å². The molecule has 0 saturated heterocycles. The second kappa shape index (κ2) is 5.36. The summed E-state index contributed by atoms with van der Waals surface area (Å²) in [5.41, 5.74) is 1.62. The van der Waals surface area contributed by atoms with Crippen molar-refractivity contribution in [3.05, 3.63) is 36.0 Å². The van der Waals surface area contributed by atoms with Gasteiger partial charge < -0.3 is 5.11 Å². The lowest BCUT2D eigenvalue weighted by molar-refractivity contribution is 0.155. The minimum Gasteiger partial charge on any atom is -0.391 e. The zero-order valence-electron chi connectivity index (χ0n) is 11.8. The van der Waals surface area contributed by atoms with Crippen LogP contribution in [0.25, 0.3) is 10.9 Å². The van der Waals surface area contributed by atoms with E-state index in [1.807, 2.05) is 6.92 Å². The van der Waals surface area contributed by atoms with Gasteiger partial charge in [0.15, 0.2) is 0 Å². The molecule has 0 spiro atoms. The van der Waals surface area contributed by atoms with Crippen molar-refractivity contribution in [3.8, 4) is 0 Å². The molecule has 21 heavy (non-hydrogen) atoms. The highest BCUT2D eigenvalue weighted by atomic mass is 32.2. The lowest BCUT2D eigenvalue weighted by Crippen LogP contribution is -2.33. The third kappa shape index (κ3) is 2.92. The number of hydrogen-bond acceptors (Lipinski definition) is 4. The molecule has 1 atom stereocenters. The molecule has 112 valence electrons. The van der Waals surface area contributed by atoms with E-state index in [4.69, 9.17) is 0 Å². The quantitative estimate of drug-likeness (QED) is 0.879. The maximum atomic E-state index is 12.5. The van der Waals surface area contributed by atoms with E-state index in [2.05, 4.69) is 9.71 Å². The van der Waals surface area contributed by atoms with Gasteiger partial charge in [-0.25, -0.2) is 13.1 Å². The van der Waals surface area contributed by atoms with Crippen molar-refractivity contribution < 1.29 is 13.5 Å². The first-order chi connectivity index (χ1) is 9.99. The van der Waals surface area contributed by atoms with Gasteiger partial charge in [-0.1, -0.05) is 6.07 Å². The summed E-state index contributed by atoms with van der Waals surface area (Å²) in [5.74, 6) is 0.240. The summed E-state index contributed by atoms with van der Waals surface area (Å²) in [4.78, 5) is 4.45. The van der Waals surface area contributed by atoms with Crippen LogP contribution >= 0.6 is 0 Å². The number of rotatable bonds is 5. The molecule has 6 heteroatoms. The Hall–Kier alpha value is -1.50. The molecule has 5 nitrogen and oxygen atoms in total. The molecule has 0 bridgehead atoms. The van der Waals surface area contributed by atoms with Crippen LogP contribution in [-0.4, -0.2) is 31.2 Å². The zero-order valence-corrected chi connectivity index (χ0v) is 12.6. The molecule has 3 rings (SSSR count). The van der Waals surface area contributed by atoms with Gasteiger partial charge in [0.2, 0.25) is 10.0 Å². The Morgan fingerprint density at radius 2 is 2.14 bits per heavy atom. The lowest BCUT2D eigenvalue weighted by atomic mass is 10.1. The summed E-state index contributed by atoms with van der Waals surface area (Å²) < 4.78 is 27.4. The second-order valence-electron chi connectivity index (χ2n) is 5.54. The Bertz CT molecular complexity index is 770. The fourth-order valence-electron chi connectivity index (χ4n) is 2.44. The van der Waals surface area contributed by atoms with Crippen molar-refractivity contribution in [1.29, 1.82) is 0 Å². The summed E-state index contributed by atoms with van der Waals surface area (Å²) in [6, 6.07) is 6.81. The first-order valence-corrected chi connectivity index (χ1v) is 8.49. The van der Waals surface area contributed by atoms with Crippen molar-refractivity contribution in [1.82, 2.24) is 9.71 Å². The van der Waals surface area contributed by atoms with Gasteiger partial charge in [-0.3, -0.25) is 4.98 Å². The summed E-state index contributed by atoms with van der Waals surface area (Å²) in [7, 11) is -3.65. The van der Waals surface area contributed by atoms with E-state index in [0.29, 0.717) is 10.9 Å². The van der Waals surface area contributed by atoms with Gasteiger partial charge in [0.1, 0.15) is 0 Å². The maximum Gasteiger partial charge on any atom is 0.241 e. The molecule has 1 aromatic heterocycles. The fourth-order valence-corrected chi connectivity index (χ4v) is 3.69. The van der Waals surface area contributed by atoms with Crippen molar-refractivity contribution >= 4 is 20.9 Å². The largest absolute Gasteiger partial charge is 0.391 e. The topological polar surface area (TPSA) is 79.3 Å². The number of nitrogens with one attached hydrogen (secondary N) is 1. The van der Waals surface area contributed by atoms with Gasteiger partial charge >= 0.3 is 0 Å². The van der Waals surface area contributed by atoms with Crippen LogP contribution in [0.4, 0.5) is 0 Å². The molecular formula is C15H18N2O3S. The Morgan fingerprint density at radius 3 is 2.86 bits per heavy atom. The Kier molecular flexibility index (Phi) is 3.69. The maximum absolute atomic E-state index is 12.5. The van der Waals surface area contributed by atoms with E-state index < -0.39 is 16.1 Å². The van der Waals surface area contributed by atoms with Crippen LogP contribution in [0.3, 0.4) is 0 Å². The average Bonchev–Trinajstić information content (AvgIpc) is 3.30. The van der Waals surface area contributed by atoms with Crippen molar-refractivity contribution in [2.75, 3.05) is 6.54 Å². The molecule has 1 unspecified atom stereocenters. The van der Waals surface area contributed by atoms with Crippen molar-refractivity contribution in [2.24, 2.45) is 5.92 Å². The van der Waals surface area contributed by atoms with Crippen LogP contribution in [0.2, 0.25) is 0 Å². The number of aliphatic hydroxyl groups excluding tert-OH is 1. The van der Waals surface area contributed by atoms with E-state index in [-0.39, 0.29) is 17.4 Å². The predicted molar refractivity (Wildman–Crippen MR) is 80.4 cm³/mol. The van der Waals surface area contributed by atoms with Crippen LogP contribution in [0.15, 0.2) is 35.4 Å². The molecule has 1 fully saturated rings. The molecule has 2 N–H and O–H groups in total. The fraction of sp³-hybridized carbons (Fsp3) is 0.400. The van der Waals surface area contributed by atoms with Gasteiger partial charge in [0, 0.05) is 18.1 Å². The number of aromatic nitrogens is 1. The molecule has 0 aliphatic heterocycles. The van der Waals surface area contributed by atoms with E-state index in [1.54, 1.807) is 30.5 Å². The van der Waals surface area contributed by atoms with Gasteiger partial charge in [0.05, 0.1) is 16.5 Å². The summed E-state index contributed by atoms with van der Waals surface area (Å²) >= 11 is 0. The number of hydrogen-bond donors (Lipinski definition) is 2. The Balaban J connectivity index is 1.93. The zero-order chi connectivity index (χ0) is 15.0. The molecule has 0 amide bonds. The number of nitrogens with zero attached hydrogens (tertiary/aromatic N) is 1. The van der Waals surface area contributed by atoms with Crippen LogP contribution in [0, 0.1) is 12.8 Å². The molecule has 0 radical (unpaired) electrons. The van der Waals surface area contributed by atoms with Crippen LogP contribution in [-0.2, 0) is 10.0 Å². The Labute approximate surface area is 124 Å². The summed E-state index contributed by atoms with van der Waals surface area (Å²) in [6.07, 6.45) is 2.99. The highest BCUT2D eigenvalue weighted by Crippen LogP contribution is 2.32. The van der Waals surface area contributed by atoms with Crippen LogP contribution < -0.4 is 4.72 Å². The first-order valence-electron chi connectivity index (χ1n) is 7.01. The number of sulfonamides is 1. The third-order valence-electron chi connectivity index (χ3n) is 3.87. The highest BCUT2D eigenvalue weighted by Gasteiger charge is 2.30. The normalized spacial score (nSPS) is 17.0. The number of aryl methyl sites for hydroxylation is 1. The van der Waals surface area contributed by atoms with Gasteiger partial charge in [-0.05, 0) is 49.4 Å². The molecular weight excluding hydrogens is 288 g/mol. The summed E-state index contributed by atoms with van der Waals surface area (Å²) in [5, 5.41) is 10.4. The SMILES string of the molecule is Cc1ccc(S(=O)(=O)NCC(O)C2CC2)c2cccnc12. The first kappa shape index (κ1) is 14.4. The smallest absolute Gasteiger partial charge is 0.241 e. The van der Waals surface area contributed by atoms with Crippen molar-refractivity contribution in [2.45, 2.75) is 30.8 Å². The monoisotopic (exact) mass is 306 g/mol. The number of pyridine rings is 1. The average molecular weight is 306 g/mol. The molecule has 1 aliphatic carbocycles. The standard InChI is InChI=1S/C15H18N2O3S/c1-10-4-7-14(12-3-2-8-16-15(10)12)21(19,20)17-9-13(18)11-5-6-11/h2-4,7-8,11,13,17-18H,5-6,9H2,1H3. The minimum atomic E-state index is -3.65. The van der Waals surface area contributed by atoms with Gasteiger partial charge in [-0.2, -0.15) is 0 Å². The minimum absolute atomic E-state index is 0.0582. The number of benzene rings is 1. The molecule has 1 saturated carbocycles. The lowest BCUT2D eigenvalue weighted by Gasteiger charge is -2.13. The second-order valence-corrected chi connectivity index (χ2v) is 7.27. The molecule has 1 heterocycles.